The van der Waals surface area contributed by atoms with Crippen molar-refractivity contribution in [1.82, 2.24) is 20.9 Å². The Bertz CT molecular complexity index is 1420. The van der Waals surface area contributed by atoms with Crippen molar-refractivity contribution >= 4 is 39.4 Å². The molecule has 0 aromatic rings. The van der Waals surface area contributed by atoms with Gasteiger partial charge in [-0.05, 0) is 94.3 Å². The number of hydrogen-bond donors (Lipinski definition) is 4. The quantitative estimate of drug-likeness (QED) is 0.240. The van der Waals surface area contributed by atoms with Crippen molar-refractivity contribution in [3.8, 4) is 0 Å². The topological polar surface area (TPSA) is 185 Å². The lowest BCUT2D eigenvalue weighted by molar-refractivity contribution is -0.144. The highest BCUT2D eigenvalue weighted by Gasteiger charge is 2.64. The molecule has 13 heteroatoms. The maximum atomic E-state index is 14.6. The van der Waals surface area contributed by atoms with Gasteiger partial charge in [-0.3, -0.25) is 19.2 Å². The van der Waals surface area contributed by atoms with Gasteiger partial charge in [0.2, 0.25) is 17.6 Å². The molecule has 5 aliphatic rings. The van der Waals surface area contributed by atoms with Crippen LogP contribution in [0.4, 0.5) is 4.79 Å². The second-order valence-electron chi connectivity index (χ2n) is 17.7. The number of sulfone groups is 1. The summed E-state index contributed by atoms with van der Waals surface area (Å²) < 4.78 is 25.7. The number of primary amides is 1. The SMILES string of the molecule is CC(C)(C)[C@H](NC(=O)NC1(CS(=O)(=O)C(C)(C)C)CCCCC1)C(=O)N1C[C@H]2[C@H](CCC23CC3)[C@H]1C(=O)NC(CC1CC1)C(=O)C(N)=O. The Morgan fingerprint density at radius 2 is 1.50 bits per heavy atom. The summed E-state index contributed by atoms with van der Waals surface area (Å²) in [5.74, 6) is -2.67. The van der Waals surface area contributed by atoms with E-state index in [9.17, 15) is 32.4 Å². The molecule has 5 fully saturated rings. The number of urea groups is 1. The number of nitrogens with one attached hydrogen (secondary N) is 3. The number of carbonyl (C=O) groups excluding carboxylic acids is 5. The molecule has 270 valence electrons. The van der Waals surface area contributed by atoms with Gasteiger partial charge < -0.3 is 26.6 Å². The predicted molar refractivity (Wildman–Crippen MR) is 181 cm³/mol. The van der Waals surface area contributed by atoms with Crippen LogP contribution in [-0.2, 0) is 29.0 Å². The average molecular weight is 692 g/mol. The highest BCUT2D eigenvalue weighted by atomic mass is 32.2. The fourth-order valence-corrected chi connectivity index (χ4v) is 10.1. The zero-order chi connectivity index (χ0) is 35.4. The molecule has 5 N–H and O–H groups in total. The Kier molecular flexibility index (Phi) is 9.82. The van der Waals surface area contributed by atoms with Crippen molar-refractivity contribution in [1.29, 1.82) is 0 Å². The van der Waals surface area contributed by atoms with Gasteiger partial charge in [0.25, 0.3) is 5.91 Å². The van der Waals surface area contributed by atoms with E-state index in [-0.39, 0.29) is 34.8 Å². The Balaban J connectivity index is 1.38. The predicted octanol–water partition coefficient (Wildman–Crippen LogP) is 2.97. The summed E-state index contributed by atoms with van der Waals surface area (Å²) in [5.41, 5.74) is 3.76. The second kappa shape index (κ2) is 12.9. The highest BCUT2D eigenvalue weighted by molar-refractivity contribution is 7.92. The Hall–Kier alpha value is -2.70. The minimum Gasteiger partial charge on any atom is -0.363 e. The van der Waals surface area contributed by atoms with E-state index >= 15 is 0 Å². The van der Waals surface area contributed by atoms with Crippen LogP contribution in [0.25, 0.3) is 0 Å². The molecule has 5 rings (SSSR count). The Labute approximate surface area is 285 Å². The number of fused-ring (bicyclic) bond motifs is 2. The first-order valence-corrected chi connectivity index (χ1v) is 19.6. The van der Waals surface area contributed by atoms with Gasteiger partial charge in [0, 0.05) is 6.54 Å². The summed E-state index contributed by atoms with van der Waals surface area (Å²) in [6.07, 6.45) is 9.64. The van der Waals surface area contributed by atoms with Gasteiger partial charge in [0.15, 0.2) is 9.84 Å². The molecule has 4 saturated carbocycles. The van der Waals surface area contributed by atoms with Crippen LogP contribution in [0.5, 0.6) is 0 Å². The van der Waals surface area contributed by atoms with Crippen LogP contribution in [-0.4, -0.2) is 83.6 Å². The molecule has 48 heavy (non-hydrogen) atoms. The van der Waals surface area contributed by atoms with Crippen molar-refractivity contribution in [2.45, 2.75) is 147 Å². The molecule has 0 aromatic heterocycles. The van der Waals surface area contributed by atoms with E-state index < -0.39 is 67.3 Å². The lowest BCUT2D eigenvalue weighted by Gasteiger charge is -2.41. The number of rotatable bonds is 11. The molecule has 5 atom stereocenters. The van der Waals surface area contributed by atoms with Crippen LogP contribution >= 0.6 is 0 Å². The molecule has 1 spiro atoms. The van der Waals surface area contributed by atoms with E-state index in [1.54, 1.807) is 25.7 Å². The molecule has 0 aromatic carbocycles. The number of hydrogen-bond acceptors (Lipinski definition) is 7. The minimum absolute atomic E-state index is 0.0933. The largest absolute Gasteiger partial charge is 0.363 e. The first kappa shape index (κ1) is 36.6. The molecule has 1 aliphatic heterocycles. The number of Topliss-reactive ketones (excluding diaryl/α,β-unsaturated/α-hetero) is 1. The van der Waals surface area contributed by atoms with E-state index in [1.165, 1.54) is 0 Å². The maximum absolute atomic E-state index is 14.6. The fraction of sp³-hybridized carbons (Fsp3) is 0.857. The molecule has 12 nitrogen and oxygen atoms in total. The summed E-state index contributed by atoms with van der Waals surface area (Å²) in [6, 6.07) is -3.50. The third-order valence-corrected chi connectivity index (χ3v) is 14.8. The smallest absolute Gasteiger partial charge is 0.315 e. The normalized spacial score (nSPS) is 27.5. The summed E-state index contributed by atoms with van der Waals surface area (Å²) in [6.45, 7) is 10.9. The summed E-state index contributed by atoms with van der Waals surface area (Å²) >= 11 is 0. The van der Waals surface area contributed by atoms with Gasteiger partial charge in [-0.15, -0.1) is 0 Å². The second-order valence-corrected chi connectivity index (χ2v) is 20.4. The summed E-state index contributed by atoms with van der Waals surface area (Å²) in [5, 5.41) is 8.76. The number of carbonyl (C=O) groups is 5. The molecule has 5 amide bonds. The number of nitrogens with two attached hydrogens (primary N) is 1. The third kappa shape index (κ3) is 7.55. The van der Waals surface area contributed by atoms with E-state index in [0.29, 0.717) is 25.8 Å². The first-order chi connectivity index (χ1) is 22.2. The zero-order valence-corrected chi connectivity index (χ0v) is 30.5. The highest BCUT2D eigenvalue weighted by Crippen LogP contribution is 2.66. The average Bonchev–Trinajstić information content (AvgIpc) is 3.88. The molecule has 1 unspecified atom stereocenters. The fourth-order valence-electron chi connectivity index (χ4n) is 8.59. The van der Waals surface area contributed by atoms with Gasteiger partial charge in [0.05, 0.1) is 22.1 Å². The summed E-state index contributed by atoms with van der Waals surface area (Å²) in [7, 11) is -3.56. The molecule has 1 heterocycles. The van der Waals surface area contributed by atoms with Crippen molar-refractivity contribution in [2.24, 2.45) is 34.3 Å². The van der Waals surface area contributed by atoms with Gasteiger partial charge in [-0.25, -0.2) is 13.2 Å². The monoisotopic (exact) mass is 691 g/mol. The maximum Gasteiger partial charge on any atom is 0.315 e. The lowest BCUT2D eigenvalue weighted by atomic mass is 9.83. The zero-order valence-electron chi connectivity index (χ0n) is 29.7. The number of nitrogens with zero attached hydrogens (tertiary/aromatic N) is 1. The van der Waals surface area contributed by atoms with E-state index in [1.807, 2.05) is 20.8 Å². The Morgan fingerprint density at radius 3 is 2.02 bits per heavy atom. The van der Waals surface area contributed by atoms with Crippen LogP contribution in [0.1, 0.15) is 119 Å². The molecular formula is C35H57N5O7S. The molecule has 0 radical (unpaired) electrons. The molecule has 0 bridgehead atoms. The Morgan fingerprint density at radius 1 is 0.875 bits per heavy atom. The van der Waals surface area contributed by atoms with Crippen molar-refractivity contribution in [3.63, 3.8) is 0 Å². The number of likely N-dealkylation sites (tertiary alicyclic amines) is 1. The van der Waals surface area contributed by atoms with Gasteiger partial charge in [-0.2, -0.15) is 0 Å². The van der Waals surface area contributed by atoms with Crippen LogP contribution < -0.4 is 21.7 Å². The molecular weight excluding hydrogens is 634 g/mol. The van der Waals surface area contributed by atoms with Crippen molar-refractivity contribution in [2.75, 3.05) is 12.3 Å². The standard InChI is InChI=1S/C35H57N5O7S/c1-32(2,3)27(38-31(45)39-35(13-8-7-9-14-35)20-48(46,47)33(4,5)6)30(44)40-19-23-22(12-15-34(23)16-17-34)25(40)29(43)37-24(18-21-10-11-21)26(41)28(36)42/h21-25,27H,7-20H2,1-6H3,(H2,36,42)(H,37,43)(H2,38,39,45)/t22-,23-,24?,25-,27+/m0/s1. The summed E-state index contributed by atoms with van der Waals surface area (Å²) in [4.78, 5) is 68.7. The van der Waals surface area contributed by atoms with E-state index in [0.717, 1.165) is 57.8 Å². The van der Waals surface area contributed by atoms with Crippen molar-refractivity contribution in [3.05, 3.63) is 0 Å². The van der Waals surface area contributed by atoms with E-state index in [4.69, 9.17) is 5.73 Å². The van der Waals surface area contributed by atoms with E-state index in [2.05, 4.69) is 16.0 Å². The third-order valence-electron chi connectivity index (χ3n) is 12.0. The first-order valence-electron chi connectivity index (χ1n) is 17.9. The van der Waals surface area contributed by atoms with Gasteiger partial charge >= 0.3 is 6.03 Å². The van der Waals surface area contributed by atoms with Crippen LogP contribution in [0, 0.1) is 28.6 Å². The van der Waals surface area contributed by atoms with Crippen molar-refractivity contribution < 1.29 is 32.4 Å². The lowest BCUT2D eigenvalue weighted by Crippen LogP contribution is -2.64. The van der Waals surface area contributed by atoms with Gasteiger partial charge in [-0.1, -0.05) is 52.9 Å². The molecule has 4 aliphatic carbocycles. The van der Waals surface area contributed by atoms with Crippen LogP contribution in [0.3, 0.4) is 0 Å². The van der Waals surface area contributed by atoms with Gasteiger partial charge in [0.1, 0.15) is 12.1 Å². The van der Waals surface area contributed by atoms with Crippen LogP contribution in [0.15, 0.2) is 0 Å². The number of ketones is 1. The number of amides is 5. The van der Waals surface area contributed by atoms with Crippen LogP contribution in [0.2, 0.25) is 0 Å². The minimum atomic E-state index is -3.56. The molecule has 1 saturated heterocycles.